The highest BCUT2D eigenvalue weighted by atomic mass is 16.5. The van der Waals surface area contributed by atoms with Gasteiger partial charge < -0.3 is 20.5 Å². The Morgan fingerprint density at radius 1 is 1.15 bits per heavy atom. The van der Waals surface area contributed by atoms with E-state index in [2.05, 4.69) is 10.3 Å². The molecule has 0 aliphatic rings. The Balaban J connectivity index is 2.11. The molecular formula is C21H29N3O3. The largest absolute Gasteiger partial charge is 0.490 e. The molecule has 2 aromatic rings. The molecule has 0 radical (unpaired) electrons. The van der Waals surface area contributed by atoms with E-state index in [-0.39, 0.29) is 12.5 Å². The second kappa shape index (κ2) is 9.92. The zero-order valence-corrected chi connectivity index (χ0v) is 16.3. The molecule has 1 unspecified atom stereocenters. The van der Waals surface area contributed by atoms with Gasteiger partial charge in [0, 0.05) is 18.3 Å². The van der Waals surface area contributed by atoms with E-state index in [1.165, 1.54) is 0 Å². The summed E-state index contributed by atoms with van der Waals surface area (Å²) in [6.45, 7) is 6.69. The Morgan fingerprint density at radius 3 is 2.59 bits per heavy atom. The molecule has 2 rings (SSSR count). The van der Waals surface area contributed by atoms with Crippen molar-refractivity contribution in [3.63, 3.8) is 0 Å². The first-order valence-electron chi connectivity index (χ1n) is 9.38. The van der Waals surface area contributed by atoms with Crippen LogP contribution in [0.2, 0.25) is 0 Å². The van der Waals surface area contributed by atoms with Gasteiger partial charge in [0.15, 0.2) is 11.5 Å². The molecule has 1 aromatic carbocycles. The average molecular weight is 371 g/mol. The van der Waals surface area contributed by atoms with Crippen molar-refractivity contribution >= 4 is 5.91 Å². The average Bonchev–Trinajstić information content (AvgIpc) is 2.66. The van der Waals surface area contributed by atoms with Crippen LogP contribution >= 0.6 is 0 Å². The second-order valence-corrected chi connectivity index (χ2v) is 6.72. The highest BCUT2D eigenvalue weighted by Crippen LogP contribution is 2.31. The first-order valence-corrected chi connectivity index (χ1v) is 9.38. The molecule has 146 valence electrons. The van der Waals surface area contributed by atoms with Crippen LogP contribution in [0.3, 0.4) is 0 Å². The molecule has 6 nitrogen and oxygen atoms in total. The number of rotatable bonds is 10. The van der Waals surface area contributed by atoms with Crippen LogP contribution in [0.4, 0.5) is 0 Å². The van der Waals surface area contributed by atoms with Gasteiger partial charge in [-0.15, -0.1) is 0 Å². The smallest absolute Gasteiger partial charge is 0.240 e. The predicted molar refractivity (Wildman–Crippen MR) is 106 cm³/mol. The Morgan fingerprint density at radius 2 is 1.89 bits per heavy atom. The quantitative estimate of drug-likeness (QED) is 0.663. The second-order valence-electron chi connectivity index (χ2n) is 6.72. The first-order chi connectivity index (χ1) is 13.0. The number of pyridine rings is 1. The number of aromatic nitrogens is 1. The lowest BCUT2D eigenvalue weighted by atomic mass is 9.96. The molecule has 27 heavy (non-hydrogen) atoms. The number of ether oxygens (including phenoxy) is 2. The van der Waals surface area contributed by atoms with Crippen molar-refractivity contribution in [2.45, 2.75) is 52.1 Å². The van der Waals surface area contributed by atoms with E-state index in [9.17, 15) is 4.79 Å². The Bertz CT molecular complexity index is 747. The minimum Gasteiger partial charge on any atom is -0.490 e. The summed E-state index contributed by atoms with van der Waals surface area (Å²) >= 11 is 0. The van der Waals surface area contributed by atoms with E-state index in [1.807, 2.05) is 50.2 Å². The number of hydrogen-bond donors (Lipinski definition) is 2. The van der Waals surface area contributed by atoms with E-state index in [0.717, 1.165) is 18.4 Å². The fourth-order valence-corrected chi connectivity index (χ4v) is 2.63. The van der Waals surface area contributed by atoms with Gasteiger partial charge in [0.1, 0.15) is 0 Å². The number of para-hydroxylation sites is 2. The highest BCUT2D eigenvalue weighted by molar-refractivity contribution is 5.85. The molecule has 0 saturated carbocycles. The van der Waals surface area contributed by atoms with Gasteiger partial charge in [-0.05, 0) is 38.0 Å². The molecule has 0 aliphatic heterocycles. The van der Waals surface area contributed by atoms with Crippen molar-refractivity contribution in [1.29, 1.82) is 0 Å². The lowest BCUT2D eigenvalue weighted by Crippen LogP contribution is -2.51. The monoisotopic (exact) mass is 371 g/mol. The number of amides is 1. The van der Waals surface area contributed by atoms with Crippen LogP contribution in [0.1, 0.15) is 45.6 Å². The van der Waals surface area contributed by atoms with Crippen molar-refractivity contribution in [3.05, 3.63) is 48.2 Å². The molecule has 6 heteroatoms. The van der Waals surface area contributed by atoms with Crippen LogP contribution in [-0.4, -0.2) is 23.0 Å². The Kier molecular flexibility index (Phi) is 7.61. The lowest BCUT2D eigenvalue weighted by molar-refractivity contribution is -0.126. The van der Waals surface area contributed by atoms with Crippen LogP contribution in [0.15, 0.2) is 42.6 Å². The van der Waals surface area contributed by atoms with Gasteiger partial charge in [-0.25, -0.2) is 4.98 Å². The minimum absolute atomic E-state index is 0.189. The fraction of sp³-hybridized carbons (Fsp3) is 0.429. The van der Waals surface area contributed by atoms with Crippen molar-refractivity contribution < 1.29 is 14.3 Å². The fourth-order valence-electron chi connectivity index (χ4n) is 2.63. The van der Waals surface area contributed by atoms with Gasteiger partial charge in [-0.1, -0.05) is 38.5 Å². The summed E-state index contributed by atoms with van der Waals surface area (Å²) in [5, 5.41) is 2.88. The van der Waals surface area contributed by atoms with E-state index >= 15 is 0 Å². The summed E-state index contributed by atoms with van der Waals surface area (Å²) in [5.74, 6) is 1.50. The van der Waals surface area contributed by atoms with Crippen LogP contribution in [0.5, 0.6) is 17.4 Å². The molecule has 3 N–H and O–H groups in total. The maximum atomic E-state index is 12.4. The maximum absolute atomic E-state index is 12.4. The highest BCUT2D eigenvalue weighted by Gasteiger charge is 2.27. The molecule has 0 fully saturated rings. The van der Waals surface area contributed by atoms with Gasteiger partial charge in [0.05, 0.1) is 12.1 Å². The number of carbonyl (C=O) groups is 1. The van der Waals surface area contributed by atoms with Crippen molar-refractivity contribution in [1.82, 2.24) is 10.3 Å². The number of nitrogens with zero attached hydrogens (tertiary/aromatic N) is 1. The topological polar surface area (TPSA) is 86.5 Å². The molecule has 0 bridgehead atoms. The number of carbonyl (C=O) groups excluding carboxylic acids is 1. The van der Waals surface area contributed by atoms with Crippen LogP contribution in [-0.2, 0) is 11.3 Å². The third kappa shape index (κ3) is 5.96. The third-order valence-electron chi connectivity index (χ3n) is 4.09. The van der Waals surface area contributed by atoms with Crippen LogP contribution < -0.4 is 20.5 Å². The molecule has 0 aliphatic carbocycles. The van der Waals surface area contributed by atoms with Gasteiger partial charge in [-0.2, -0.15) is 0 Å². The number of benzene rings is 1. The Labute approximate surface area is 161 Å². The van der Waals surface area contributed by atoms with Gasteiger partial charge >= 0.3 is 0 Å². The standard InChI is InChI=1S/C21H29N3O3/c1-4-12-21(3,22)20(25)24-15-16-9-8-13-23-19(16)27-18-11-7-6-10-17(18)26-14-5-2/h6-11,13H,4-5,12,14-15,22H2,1-3H3,(H,24,25). The van der Waals surface area contributed by atoms with Crippen LogP contribution in [0, 0.1) is 0 Å². The van der Waals surface area contributed by atoms with Gasteiger partial charge in [-0.3, -0.25) is 4.79 Å². The zero-order chi connectivity index (χ0) is 19.7. The molecule has 1 heterocycles. The summed E-state index contributed by atoms with van der Waals surface area (Å²) in [6, 6.07) is 11.1. The zero-order valence-electron chi connectivity index (χ0n) is 16.3. The van der Waals surface area contributed by atoms with Gasteiger partial charge in [0.25, 0.3) is 0 Å². The summed E-state index contributed by atoms with van der Waals surface area (Å²) in [4.78, 5) is 16.7. The molecule has 1 amide bonds. The third-order valence-corrected chi connectivity index (χ3v) is 4.09. The number of nitrogens with two attached hydrogens (primary N) is 1. The molecular weight excluding hydrogens is 342 g/mol. The number of hydrogen-bond acceptors (Lipinski definition) is 5. The molecule has 0 saturated heterocycles. The molecule has 1 atom stereocenters. The van der Waals surface area contributed by atoms with E-state index < -0.39 is 5.54 Å². The molecule has 1 aromatic heterocycles. The summed E-state index contributed by atoms with van der Waals surface area (Å²) in [5.41, 5.74) is 5.96. The minimum atomic E-state index is -0.890. The summed E-state index contributed by atoms with van der Waals surface area (Å²) < 4.78 is 11.7. The van der Waals surface area contributed by atoms with E-state index in [0.29, 0.717) is 30.4 Å². The van der Waals surface area contributed by atoms with Crippen LogP contribution in [0.25, 0.3) is 0 Å². The Hall–Kier alpha value is -2.60. The van der Waals surface area contributed by atoms with Crippen molar-refractivity contribution in [3.8, 4) is 17.4 Å². The maximum Gasteiger partial charge on any atom is 0.240 e. The van der Waals surface area contributed by atoms with Crippen molar-refractivity contribution in [2.75, 3.05) is 6.61 Å². The van der Waals surface area contributed by atoms with Gasteiger partial charge in [0.2, 0.25) is 11.8 Å². The molecule has 0 spiro atoms. The summed E-state index contributed by atoms with van der Waals surface area (Å²) in [7, 11) is 0. The normalized spacial score (nSPS) is 12.9. The van der Waals surface area contributed by atoms with Crippen molar-refractivity contribution in [2.24, 2.45) is 5.73 Å². The lowest BCUT2D eigenvalue weighted by Gasteiger charge is -2.23. The first kappa shape index (κ1) is 20.7. The van der Waals surface area contributed by atoms with E-state index in [1.54, 1.807) is 13.1 Å². The van der Waals surface area contributed by atoms with E-state index in [4.69, 9.17) is 15.2 Å². The summed E-state index contributed by atoms with van der Waals surface area (Å²) in [6.07, 6.45) is 4.03. The SMILES string of the molecule is CCCOc1ccccc1Oc1ncccc1CNC(=O)C(C)(N)CCC. The number of nitrogens with one attached hydrogen (secondary N) is 1. The predicted octanol–water partition coefficient (Wildman–Crippen LogP) is 3.80.